The molecule has 5 rings (SSSR count). The Morgan fingerprint density at radius 2 is 1.91 bits per heavy atom. The Morgan fingerprint density at radius 1 is 1.00 bits per heavy atom. The number of nitrogens with two attached hydrogens (primary N) is 1. The van der Waals surface area contributed by atoms with E-state index in [4.69, 9.17) is 17.3 Å². The van der Waals surface area contributed by atoms with Crippen LogP contribution in [0.1, 0.15) is 27.3 Å². The number of amides is 1. The number of rotatable bonds is 5. The van der Waals surface area contributed by atoms with Gasteiger partial charge in [0.05, 0.1) is 34.5 Å². The summed E-state index contributed by atoms with van der Waals surface area (Å²) in [6.45, 7) is 0.288. The highest BCUT2D eigenvalue weighted by Gasteiger charge is 2.09. The molecule has 8 nitrogen and oxygen atoms in total. The molecule has 0 aliphatic rings. The van der Waals surface area contributed by atoms with Gasteiger partial charge in [-0.1, -0.05) is 17.7 Å². The molecule has 0 bridgehead atoms. The molecule has 0 saturated heterocycles. The van der Waals surface area contributed by atoms with Gasteiger partial charge >= 0.3 is 0 Å². The van der Waals surface area contributed by atoms with E-state index in [0.717, 1.165) is 27.7 Å². The van der Waals surface area contributed by atoms with Gasteiger partial charge in [0.1, 0.15) is 6.33 Å². The van der Waals surface area contributed by atoms with E-state index in [0.29, 0.717) is 28.6 Å². The number of pyridine rings is 2. The Labute approximate surface area is 188 Å². The van der Waals surface area contributed by atoms with Crippen molar-refractivity contribution < 1.29 is 4.79 Å². The van der Waals surface area contributed by atoms with Crippen molar-refractivity contribution >= 4 is 39.9 Å². The topological polar surface area (TPSA) is 111 Å². The van der Waals surface area contributed by atoms with E-state index in [2.05, 4.69) is 25.3 Å². The van der Waals surface area contributed by atoms with Crippen LogP contribution in [0.15, 0.2) is 67.4 Å². The van der Waals surface area contributed by atoms with Gasteiger partial charge in [-0.3, -0.25) is 19.2 Å². The van der Waals surface area contributed by atoms with Gasteiger partial charge in [-0.15, -0.1) is 0 Å². The molecular formula is C23H18ClN7O. The Kier molecular flexibility index (Phi) is 5.12. The zero-order valence-corrected chi connectivity index (χ0v) is 17.6. The molecule has 3 N–H and O–H groups in total. The predicted octanol–water partition coefficient (Wildman–Crippen LogP) is 3.43. The first kappa shape index (κ1) is 19.9. The lowest BCUT2D eigenvalue weighted by Gasteiger charge is -2.08. The van der Waals surface area contributed by atoms with Gasteiger partial charge in [-0.25, -0.2) is 9.97 Å². The molecule has 0 aliphatic heterocycles. The number of aromatic nitrogens is 5. The number of nitrogen functional groups attached to an aromatic ring is 1. The van der Waals surface area contributed by atoms with Crippen LogP contribution in [0.2, 0.25) is 5.02 Å². The fourth-order valence-corrected chi connectivity index (χ4v) is 3.69. The van der Waals surface area contributed by atoms with Gasteiger partial charge in [0, 0.05) is 35.5 Å². The molecule has 0 saturated carbocycles. The fraction of sp³-hybridized carbons (Fsp3) is 0.0870. The minimum Gasteiger partial charge on any atom is -0.369 e. The normalized spacial score (nSPS) is 11.2. The number of anilines is 1. The monoisotopic (exact) mass is 443 g/mol. The first-order chi connectivity index (χ1) is 15.5. The van der Waals surface area contributed by atoms with Crippen LogP contribution < -0.4 is 11.1 Å². The van der Waals surface area contributed by atoms with Crippen LogP contribution in [0.3, 0.4) is 0 Å². The maximum Gasteiger partial charge on any atom is 0.251 e. The van der Waals surface area contributed by atoms with Crippen molar-refractivity contribution in [1.29, 1.82) is 0 Å². The lowest BCUT2D eigenvalue weighted by atomic mass is 10.0. The van der Waals surface area contributed by atoms with E-state index in [1.54, 1.807) is 41.5 Å². The molecule has 0 aliphatic carbocycles. The number of hydrogen-bond donors (Lipinski definition) is 2. The van der Waals surface area contributed by atoms with E-state index in [1.165, 1.54) is 0 Å². The zero-order valence-electron chi connectivity index (χ0n) is 16.9. The average molecular weight is 444 g/mol. The zero-order chi connectivity index (χ0) is 22.1. The van der Waals surface area contributed by atoms with Crippen molar-refractivity contribution in [2.45, 2.75) is 13.0 Å². The Bertz CT molecular complexity index is 1460. The Morgan fingerprint density at radius 3 is 2.81 bits per heavy atom. The molecule has 0 unspecified atom stereocenters. The summed E-state index contributed by atoms with van der Waals surface area (Å²) in [5, 5.41) is 4.46. The van der Waals surface area contributed by atoms with Crippen molar-refractivity contribution in [3.8, 4) is 0 Å². The Balaban J connectivity index is 1.29. The van der Waals surface area contributed by atoms with Gasteiger partial charge in [0.25, 0.3) is 5.91 Å². The van der Waals surface area contributed by atoms with Gasteiger partial charge in [0.2, 0.25) is 5.95 Å². The maximum atomic E-state index is 12.7. The van der Waals surface area contributed by atoms with Crippen LogP contribution in [-0.4, -0.2) is 30.2 Å². The summed E-state index contributed by atoms with van der Waals surface area (Å²) in [6, 6.07) is 13.2. The predicted molar refractivity (Wildman–Crippen MR) is 122 cm³/mol. The van der Waals surface area contributed by atoms with Crippen molar-refractivity contribution in [2.24, 2.45) is 0 Å². The summed E-state index contributed by atoms with van der Waals surface area (Å²) in [4.78, 5) is 29.8. The first-order valence-electron chi connectivity index (χ1n) is 9.90. The molecule has 158 valence electrons. The molecule has 4 aromatic heterocycles. The highest BCUT2D eigenvalue weighted by atomic mass is 35.5. The molecule has 0 radical (unpaired) electrons. The average Bonchev–Trinajstić information content (AvgIpc) is 3.17. The van der Waals surface area contributed by atoms with Crippen LogP contribution in [0.25, 0.3) is 16.4 Å². The van der Waals surface area contributed by atoms with E-state index < -0.39 is 0 Å². The number of imidazole rings is 1. The third-order valence-electron chi connectivity index (χ3n) is 5.11. The second-order valence-electron chi connectivity index (χ2n) is 7.37. The second kappa shape index (κ2) is 8.24. The van der Waals surface area contributed by atoms with E-state index >= 15 is 0 Å². The third-order valence-corrected chi connectivity index (χ3v) is 5.32. The Hall–Kier alpha value is -4.04. The number of carbonyl (C=O) groups excluding carboxylic acids is 1. The quantitative estimate of drug-likeness (QED) is 0.430. The largest absolute Gasteiger partial charge is 0.369 e. The minimum absolute atomic E-state index is 0.196. The SMILES string of the molecule is Nc1ncc2cc(CNC(=O)c3ccnc(Cc4ccc5ncc(Cl)cc5c4)c3)ncn12. The van der Waals surface area contributed by atoms with Gasteiger partial charge < -0.3 is 11.1 Å². The first-order valence-corrected chi connectivity index (χ1v) is 10.3. The van der Waals surface area contributed by atoms with Crippen molar-refractivity contribution in [3.63, 3.8) is 0 Å². The molecular weight excluding hydrogens is 426 g/mol. The molecule has 0 spiro atoms. The van der Waals surface area contributed by atoms with Crippen LogP contribution in [0, 0.1) is 0 Å². The number of fused-ring (bicyclic) bond motifs is 2. The number of carbonyl (C=O) groups is 1. The number of nitrogens with one attached hydrogen (secondary N) is 1. The van der Waals surface area contributed by atoms with Crippen LogP contribution in [-0.2, 0) is 13.0 Å². The number of benzene rings is 1. The van der Waals surface area contributed by atoms with E-state index in [1.807, 2.05) is 30.3 Å². The van der Waals surface area contributed by atoms with Crippen molar-refractivity contribution in [2.75, 3.05) is 5.73 Å². The van der Waals surface area contributed by atoms with Crippen LogP contribution >= 0.6 is 11.6 Å². The summed E-state index contributed by atoms with van der Waals surface area (Å²) >= 11 is 6.06. The van der Waals surface area contributed by atoms with Gasteiger partial charge in [-0.05, 0) is 42.0 Å². The standard InChI is InChI=1S/C23H18ClN7O/c24-17-7-16-5-14(1-2-21(16)27-10-17)6-18-8-15(3-4-26-18)22(32)28-11-19-9-20-12-29-23(25)31(20)13-30-19/h1-5,7-10,12-13H,6,11H2,(H2,25,29)(H,28,32). The lowest BCUT2D eigenvalue weighted by Crippen LogP contribution is -2.23. The highest BCUT2D eigenvalue weighted by Crippen LogP contribution is 2.20. The van der Waals surface area contributed by atoms with E-state index in [9.17, 15) is 4.79 Å². The number of hydrogen-bond acceptors (Lipinski definition) is 6. The molecule has 4 heterocycles. The summed E-state index contributed by atoms with van der Waals surface area (Å²) in [7, 11) is 0. The molecule has 5 aromatic rings. The van der Waals surface area contributed by atoms with Crippen molar-refractivity contribution in [1.82, 2.24) is 29.7 Å². The van der Waals surface area contributed by atoms with Gasteiger partial charge in [-0.2, -0.15) is 0 Å². The maximum absolute atomic E-state index is 12.7. The van der Waals surface area contributed by atoms with Crippen LogP contribution in [0.5, 0.6) is 0 Å². The summed E-state index contributed by atoms with van der Waals surface area (Å²) in [5.74, 6) is 0.177. The van der Waals surface area contributed by atoms with Crippen LogP contribution in [0.4, 0.5) is 5.95 Å². The molecule has 0 atom stereocenters. The number of halogens is 1. The molecule has 0 fully saturated rings. The number of nitrogens with zero attached hydrogens (tertiary/aromatic N) is 5. The lowest BCUT2D eigenvalue weighted by molar-refractivity contribution is 0.0950. The summed E-state index contributed by atoms with van der Waals surface area (Å²) in [6.07, 6.45) is 7.11. The minimum atomic E-state index is -0.196. The molecule has 32 heavy (non-hydrogen) atoms. The van der Waals surface area contributed by atoms with Crippen molar-refractivity contribution in [3.05, 3.63) is 94.9 Å². The summed E-state index contributed by atoms with van der Waals surface area (Å²) in [5.41, 5.74) is 10.6. The molecule has 9 heteroatoms. The van der Waals surface area contributed by atoms with E-state index in [-0.39, 0.29) is 12.5 Å². The highest BCUT2D eigenvalue weighted by molar-refractivity contribution is 6.31. The fourth-order valence-electron chi connectivity index (χ4n) is 3.52. The third kappa shape index (κ3) is 4.08. The molecule has 1 aromatic carbocycles. The second-order valence-corrected chi connectivity index (χ2v) is 7.80. The molecule has 1 amide bonds. The van der Waals surface area contributed by atoms with Gasteiger partial charge in [0.15, 0.2) is 0 Å². The summed E-state index contributed by atoms with van der Waals surface area (Å²) < 4.78 is 1.68. The smallest absolute Gasteiger partial charge is 0.251 e.